The molecule has 1 N–H and O–H groups in total. The topological polar surface area (TPSA) is 21.8 Å². The molecule has 0 aromatic heterocycles. The number of nitrogens with one attached hydrogen (secondary N) is 1. The minimum Gasteiger partial charge on any atom is -0.310 e. The molecule has 0 amide bonds. The molecule has 0 saturated carbocycles. The molecule has 2 rings (SSSR count). The van der Waals surface area contributed by atoms with Crippen molar-refractivity contribution in [2.45, 2.75) is 12.5 Å². The van der Waals surface area contributed by atoms with Gasteiger partial charge in [0.15, 0.2) is 0 Å². The Morgan fingerprint density at radius 1 is 1.12 bits per heavy atom. The van der Waals surface area contributed by atoms with Crippen LogP contribution < -0.4 is 5.32 Å². The first kappa shape index (κ1) is 13.3. The Labute approximate surface area is 106 Å². The maximum absolute atomic E-state index is 3.62. The summed E-state index contributed by atoms with van der Waals surface area (Å²) >= 11 is 0. The van der Waals surface area contributed by atoms with E-state index in [0.717, 1.165) is 12.5 Å². The van der Waals surface area contributed by atoms with E-state index >= 15 is 0 Å². The monoisotopic (exact) mass is 240 g/mol. The van der Waals surface area contributed by atoms with Gasteiger partial charge in [0.1, 0.15) is 0 Å². The Bertz CT molecular complexity index is 233. The molecule has 0 aromatic rings. The average Bonchev–Trinajstić information content (AvgIpc) is 2.63. The smallest absolute Gasteiger partial charge is 0.0322 e. The second-order valence-corrected chi connectivity index (χ2v) is 6.05. The molecule has 4 nitrogen and oxygen atoms in total. The molecule has 0 spiro atoms. The number of likely N-dealkylation sites (tertiary alicyclic amines) is 1. The minimum absolute atomic E-state index is 0.651. The van der Waals surface area contributed by atoms with Gasteiger partial charge in [-0.05, 0) is 40.0 Å². The van der Waals surface area contributed by atoms with Crippen molar-refractivity contribution in [3.63, 3.8) is 0 Å². The predicted octanol–water partition coefficient (Wildman–Crippen LogP) is -0.226. The van der Waals surface area contributed by atoms with Gasteiger partial charge >= 0.3 is 0 Å². The van der Waals surface area contributed by atoms with Crippen molar-refractivity contribution in [3.05, 3.63) is 0 Å². The van der Waals surface area contributed by atoms with Crippen molar-refractivity contribution in [2.24, 2.45) is 5.92 Å². The van der Waals surface area contributed by atoms with E-state index in [0.29, 0.717) is 6.04 Å². The highest BCUT2D eigenvalue weighted by Crippen LogP contribution is 2.15. The summed E-state index contributed by atoms with van der Waals surface area (Å²) < 4.78 is 0. The van der Waals surface area contributed by atoms with E-state index in [2.05, 4.69) is 41.2 Å². The van der Waals surface area contributed by atoms with Crippen LogP contribution in [0.5, 0.6) is 0 Å². The largest absolute Gasteiger partial charge is 0.310 e. The Kier molecular flexibility index (Phi) is 4.79. The molecule has 2 aliphatic heterocycles. The first-order valence-corrected chi connectivity index (χ1v) is 6.92. The summed E-state index contributed by atoms with van der Waals surface area (Å²) in [7, 11) is 6.73. The summed E-state index contributed by atoms with van der Waals surface area (Å²) in [6, 6.07) is 0.651. The lowest BCUT2D eigenvalue weighted by atomic mass is 10.1. The number of hydrogen-bond acceptors (Lipinski definition) is 4. The van der Waals surface area contributed by atoms with E-state index in [-0.39, 0.29) is 0 Å². The number of nitrogens with zero attached hydrogens (tertiary/aromatic N) is 3. The van der Waals surface area contributed by atoms with Crippen LogP contribution in [0.2, 0.25) is 0 Å². The molecule has 100 valence electrons. The van der Waals surface area contributed by atoms with Crippen LogP contribution in [0.4, 0.5) is 0 Å². The molecule has 2 unspecified atom stereocenters. The highest BCUT2D eigenvalue weighted by Gasteiger charge is 2.23. The molecule has 17 heavy (non-hydrogen) atoms. The van der Waals surface area contributed by atoms with Crippen LogP contribution in [-0.2, 0) is 0 Å². The zero-order valence-corrected chi connectivity index (χ0v) is 11.7. The lowest BCUT2D eigenvalue weighted by molar-refractivity contribution is 0.183. The third-order valence-corrected chi connectivity index (χ3v) is 4.05. The fraction of sp³-hybridized carbons (Fsp3) is 1.00. The fourth-order valence-electron chi connectivity index (χ4n) is 3.18. The van der Waals surface area contributed by atoms with Gasteiger partial charge < -0.3 is 20.0 Å². The minimum atomic E-state index is 0.651. The van der Waals surface area contributed by atoms with Gasteiger partial charge in [0.05, 0.1) is 0 Å². The number of hydrogen-bond donors (Lipinski definition) is 1. The van der Waals surface area contributed by atoms with Crippen LogP contribution >= 0.6 is 0 Å². The molecule has 2 heterocycles. The molecule has 4 heteroatoms. The van der Waals surface area contributed by atoms with Crippen molar-refractivity contribution in [1.82, 2.24) is 20.0 Å². The summed E-state index contributed by atoms with van der Waals surface area (Å²) in [5, 5.41) is 3.62. The van der Waals surface area contributed by atoms with Gasteiger partial charge in [-0.1, -0.05) is 0 Å². The van der Waals surface area contributed by atoms with Crippen LogP contribution in [0.15, 0.2) is 0 Å². The second-order valence-electron chi connectivity index (χ2n) is 6.05. The average molecular weight is 240 g/mol. The highest BCUT2D eigenvalue weighted by atomic mass is 15.2. The van der Waals surface area contributed by atoms with Crippen molar-refractivity contribution >= 4 is 0 Å². The normalized spacial score (nSPS) is 32.5. The van der Waals surface area contributed by atoms with Gasteiger partial charge in [-0.25, -0.2) is 0 Å². The maximum atomic E-state index is 3.62. The van der Waals surface area contributed by atoms with Gasteiger partial charge in [0.2, 0.25) is 0 Å². The van der Waals surface area contributed by atoms with Gasteiger partial charge in [-0.2, -0.15) is 0 Å². The quantitative estimate of drug-likeness (QED) is 0.733. The van der Waals surface area contributed by atoms with E-state index in [1.54, 1.807) is 0 Å². The number of piperazine rings is 1. The summed E-state index contributed by atoms with van der Waals surface area (Å²) in [5.41, 5.74) is 0. The third kappa shape index (κ3) is 4.21. The number of likely N-dealkylation sites (N-methyl/N-ethyl adjacent to an activating group) is 2. The second kappa shape index (κ2) is 6.14. The highest BCUT2D eigenvalue weighted by molar-refractivity contribution is 4.81. The Hall–Kier alpha value is -0.160. The van der Waals surface area contributed by atoms with E-state index in [9.17, 15) is 0 Å². The standard InChI is InChI=1S/C13H28N4/c1-15-6-4-12(8-15)9-17(3)11-13-10-16(2)7-5-14-13/h12-14H,4-11H2,1-3H3. The van der Waals surface area contributed by atoms with Crippen LogP contribution in [0.1, 0.15) is 6.42 Å². The molecule has 2 fully saturated rings. The SMILES string of the molecule is CN1CCC(CN(C)CC2CN(C)CCN2)C1. The number of rotatable bonds is 4. The molecule has 2 saturated heterocycles. The molecular weight excluding hydrogens is 212 g/mol. The van der Waals surface area contributed by atoms with Crippen molar-refractivity contribution in [2.75, 3.05) is 67.0 Å². The van der Waals surface area contributed by atoms with E-state index in [1.807, 2.05) is 0 Å². The zero-order chi connectivity index (χ0) is 12.3. The predicted molar refractivity (Wildman–Crippen MR) is 72.4 cm³/mol. The van der Waals surface area contributed by atoms with Crippen LogP contribution in [0.3, 0.4) is 0 Å². The van der Waals surface area contributed by atoms with Crippen molar-refractivity contribution in [3.8, 4) is 0 Å². The Morgan fingerprint density at radius 2 is 1.88 bits per heavy atom. The molecule has 0 aromatic carbocycles. The van der Waals surface area contributed by atoms with E-state index in [4.69, 9.17) is 0 Å². The molecule has 0 radical (unpaired) electrons. The lowest BCUT2D eigenvalue weighted by Gasteiger charge is -2.34. The van der Waals surface area contributed by atoms with Gasteiger partial charge in [-0.15, -0.1) is 0 Å². The van der Waals surface area contributed by atoms with Gasteiger partial charge in [-0.3, -0.25) is 0 Å². The molecule has 2 aliphatic rings. The van der Waals surface area contributed by atoms with Crippen molar-refractivity contribution < 1.29 is 0 Å². The van der Waals surface area contributed by atoms with Crippen LogP contribution in [0.25, 0.3) is 0 Å². The third-order valence-electron chi connectivity index (χ3n) is 4.05. The van der Waals surface area contributed by atoms with Gasteiger partial charge in [0.25, 0.3) is 0 Å². The van der Waals surface area contributed by atoms with Crippen LogP contribution in [0, 0.1) is 5.92 Å². The fourth-order valence-corrected chi connectivity index (χ4v) is 3.18. The summed E-state index contributed by atoms with van der Waals surface area (Å²) in [5.74, 6) is 0.881. The molecule has 2 atom stereocenters. The summed E-state index contributed by atoms with van der Waals surface area (Å²) in [6.45, 7) is 8.52. The van der Waals surface area contributed by atoms with Crippen LogP contribution in [-0.4, -0.2) is 87.7 Å². The van der Waals surface area contributed by atoms with E-state index < -0.39 is 0 Å². The first-order valence-electron chi connectivity index (χ1n) is 6.92. The Balaban J connectivity index is 1.67. The summed E-state index contributed by atoms with van der Waals surface area (Å²) in [4.78, 5) is 7.39. The molecular formula is C13H28N4. The molecule has 0 aliphatic carbocycles. The lowest BCUT2D eigenvalue weighted by Crippen LogP contribution is -2.53. The van der Waals surface area contributed by atoms with E-state index in [1.165, 1.54) is 45.7 Å². The molecule has 0 bridgehead atoms. The van der Waals surface area contributed by atoms with Crippen molar-refractivity contribution in [1.29, 1.82) is 0 Å². The summed E-state index contributed by atoms with van der Waals surface area (Å²) in [6.07, 6.45) is 1.37. The van der Waals surface area contributed by atoms with Gasteiger partial charge in [0, 0.05) is 45.3 Å². The maximum Gasteiger partial charge on any atom is 0.0322 e. The Morgan fingerprint density at radius 3 is 2.53 bits per heavy atom. The first-order chi connectivity index (χ1) is 8.13. The zero-order valence-electron chi connectivity index (χ0n) is 11.7.